The van der Waals surface area contributed by atoms with Gasteiger partial charge in [-0.1, -0.05) is 12.1 Å². The number of hydrogen-bond acceptors (Lipinski definition) is 9. The summed E-state index contributed by atoms with van der Waals surface area (Å²) < 4.78 is 57.3. The van der Waals surface area contributed by atoms with Gasteiger partial charge in [0.2, 0.25) is 10.0 Å². The average Bonchev–Trinajstić information content (AvgIpc) is 2.88. The zero-order chi connectivity index (χ0) is 27.0. The molecule has 2 aliphatic heterocycles. The number of halogens is 1. The molecular weight excluding hydrogens is 515 g/mol. The second kappa shape index (κ2) is 12.7. The second-order valence-electron chi connectivity index (χ2n) is 8.02. The first-order valence-corrected chi connectivity index (χ1v) is 12.7. The molecule has 0 bridgehead atoms. The van der Waals surface area contributed by atoms with E-state index in [-0.39, 0.29) is 17.3 Å². The molecular formula is C23H27FN2O10S. The van der Waals surface area contributed by atoms with Crippen LogP contribution in [0.1, 0.15) is 0 Å². The van der Waals surface area contributed by atoms with E-state index < -0.39 is 33.9 Å². The predicted molar refractivity (Wildman–Crippen MR) is 126 cm³/mol. The quantitative estimate of drug-likeness (QED) is 0.418. The number of benzene rings is 2. The van der Waals surface area contributed by atoms with Gasteiger partial charge in [-0.25, -0.2) is 22.4 Å². The number of β-amino-alcohol motifs (C(OH)–C–C–N with tert-alkyl or cyclic N) is 1. The molecule has 12 nitrogen and oxygen atoms in total. The van der Waals surface area contributed by atoms with Crippen LogP contribution in [0.5, 0.6) is 17.2 Å². The number of ether oxygens (including phenoxy) is 3. The van der Waals surface area contributed by atoms with Crippen LogP contribution in [0.2, 0.25) is 0 Å². The Kier molecular flexibility index (Phi) is 9.63. The third-order valence-corrected chi connectivity index (χ3v) is 7.30. The summed E-state index contributed by atoms with van der Waals surface area (Å²) in [6, 6.07) is 10.7. The van der Waals surface area contributed by atoms with Gasteiger partial charge in [0, 0.05) is 38.8 Å². The fourth-order valence-electron chi connectivity index (χ4n) is 3.58. The van der Waals surface area contributed by atoms with Crippen LogP contribution >= 0.6 is 0 Å². The van der Waals surface area contributed by atoms with E-state index in [1.807, 2.05) is 4.90 Å². The van der Waals surface area contributed by atoms with Gasteiger partial charge in [-0.3, -0.25) is 4.90 Å². The lowest BCUT2D eigenvalue weighted by atomic mass is 10.3. The smallest absolute Gasteiger partial charge is 0.414 e. The molecule has 37 heavy (non-hydrogen) atoms. The van der Waals surface area contributed by atoms with Gasteiger partial charge in [0.15, 0.2) is 23.1 Å². The number of carbonyl (C=O) groups is 2. The number of rotatable bonds is 7. The number of nitrogens with zero attached hydrogens (tertiary/aromatic N) is 2. The van der Waals surface area contributed by atoms with E-state index in [0.717, 1.165) is 0 Å². The van der Waals surface area contributed by atoms with Crippen LogP contribution in [0, 0.1) is 5.82 Å². The van der Waals surface area contributed by atoms with Crippen LogP contribution in [0.15, 0.2) is 47.4 Å². The maximum atomic E-state index is 13.6. The highest BCUT2D eigenvalue weighted by molar-refractivity contribution is 7.89. The van der Waals surface area contributed by atoms with Gasteiger partial charge in [-0.05, 0) is 24.3 Å². The number of fused-ring (bicyclic) bond motifs is 1. The summed E-state index contributed by atoms with van der Waals surface area (Å²) in [7, 11) is -3.66. The number of carboxylic acids is 2. The molecule has 0 amide bonds. The van der Waals surface area contributed by atoms with Crippen molar-refractivity contribution in [2.24, 2.45) is 0 Å². The van der Waals surface area contributed by atoms with Crippen LogP contribution in [0.4, 0.5) is 4.39 Å². The monoisotopic (exact) mass is 542 g/mol. The minimum Gasteiger partial charge on any atom is -0.488 e. The molecule has 1 fully saturated rings. The summed E-state index contributed by atoms with van der Waals surface area (Å²) in [5, 5.41) is 25.0. The lowest BCUT2D eigenvalue weighted by molar-refractivity contribution is -0.159. The third kappa shape index (κ3) is 7.76. The second-order valence-corrected chi connectivity index (χ2v) is 9.95. The van der Waals surface area contributed by atoms with Crippen LogP contribution in [0.25, 0.3) is 0 Å². The van der Waals surface area contributed by atoms with Crippen molar-refractivity contribution < 1.29 is 51.9 Å². The highest BCUT2D eigenvalue weighted by Gasteiger charge is 2.30. The minimum absolute atomic E-state index is 0.0450. The van der Waals surface area contributed by atoms with Crippen LogP contribution in [-0.2, 0) is 19.6 Å². The summed E-state index contributed by atoms with van der Waals surface area (Å²) >= 11 is 0. The lowest BCUT2D eigenvalue weighted by Gasteiger charge is -2.35. The molecule has 1 atom stereocenters. The van der Waals surface area contributed by atoms with Crippen molar-refractivity contribution in [1.29, 1.82) is 0 Å². The molecule has 0 radical (unpaired) electrons. The van der Waals surface area contributed by atoms with Gasteiger partial charge in [0.1, 0.15) is 25.9 Å². The van der Waals surface area contributed by atoms with E-state index in [4.69, 9.17) is 34.0 Å². The van der Waals surface area contributed by atoms with Crippen molar-refractivity contribution in [2.45, 2.75) is 11.0 Å². The zero-order valence-electron chi connectivity index (χ0n) is 19.7. The topological polar surface area (TPSA) is 163 Å². The number of aliphatic carboxylic acids is 2. The van der Waals surface area contributed by atoms with Crippen molar-refractivity contribution in [1.82, 2.24) is 9.21 Å². The molecule has 14 heteroatoms. The summed E-state index contributed by atoms with van der Waals surface area (Å²) in [4.78, 5) is 20.3. The Hall–Kier alpha value is -3.46. The molecule has 4 rings (SSSR count). The molecule has 2 aliphatic rings. The number of aliphatic hydroxyl groups excluding tert-OH is 1. The van der Waals surface area contributed by atoms with Gasteiger partial charge in [0.25, 0.3) is 0 Å². The van der Waals surface area contributed by atoms with Crippen molar-refractivity contribution in [3.05, 3.63) is 48.3 Å². The Morgan fingerprint density at radius 3 is 2.22 bits per heavy atom. The molecule has 202 valence electrons. The summed E-state index contributed by atoms with van der Waals surface area (Å²) in [5.74, 6) is -3.06. The SMILES string of the molecule is O=C(O)C(=O)O.O=S(=O)(c1ccc2c(c1)OCCO2)N1CCN(CC(O)COc2ccccc2F)CC1. The standard InChI is InChI=1S/C21H25FN2O6S.C2H2O4/c22-18-3-1-2-4-19(18)30-15-16(25)14-23-7-9-24(10-8-23)31(26,27)17-5-6-20-21(13-17)29-12-11-28-20;3-1(4)2(5)6/h1-6,13,16,25H,7-12,14-15H2;(H,3,4)(H,5,6). The Morgan fingerprint density at radius 1 is 0.973 bits per heavy atom. The van der Waals surface area contributed by atoms with E-state index in [2.05, 4.69) is 0 Å². The van der Waals surface area contributed by atoms with Crippen LogP contribution in [-0.4, -0.2) is 104 Å². The number of sulfonamides is 1. The van der Waals surface area contributed by atoms with E-state index >= 15 is 0 Å². The Morgan fingerprint density at radius 2 is 1.59 bits per heavy atom. The summed E-state index contributed by atoms with van der Waals surface area (Å²) in [6.07, 6.45) is -0.819. The molecule has 2 aromatic rings. The Bertz CT molecular complexity index is 1190. The number of hydrogen-bond donors (Lipinski definition) is 3. The van der Waals surface area contributed by atoms with Crippen molar-refractivity contribution >= 4 is 22.0 Å². The van der Waals surface area contributed by atoms with E-state index in [0.29, 0.717) is 57.4 Å². The first kappa shape index (κ1) is 28.1. The minimum atomic E-state index is -3.66. The first-order valence-electron chi connectivity index (χ1n) is 11.2. The Balaban J connectivity index is 0.000000568. The normalized spacial score (nSPS) is 16.7. The zero-order valence-corrected chi connectivity index (χ0v) is 20.5. The number of para-hydroxylation sites is 1. The molecule has 0 saturated carbocycles. The number of piperazine rings is 1. The first-order chi connectivity index (χ1) is 17.6. The van der Waals surface area contributed by atoms with Gasteiger partial charge >= 0.3 is 11.9 Å². The Labute approximate surface area is 212 Å². The molecule has 2 heterocycles. The predicted octanol–water partition coefficient (Wildman–Crippen LogP) is 0.499. The molecule has 1 unspecified atom stereocenters. The molecule has 0 aliphatic carbocycles. The fraction of sp³-hybridized carbons (Fsp3) is 0.391. The van der Waals surface area contributed by atoms with Crippen LogP contribution in [0.3, 0.4) is 0 Å². The fourth-order valence-corrected chi connectivity index (χ4v) is 5.02. The number of aliphatic hydroxyl groups is 1. The van der Waals surface area contributed by atoms with Gasteiger partial charge in [-0.2, -0.15) is 4.31 Å². The lowest BCUT2D eigenvalue weighted by Crippen LogP contribution is -2.50. The molecule has 2 aromatic carbocycles. The van der Waals surface area contributed by atoms with E-state index in [1.54, 1.807) is 18.2 Å². The highest BCUT2D eigenvalue weighted by atomic mass is 32.2. The van der Waals surface area contributed by atoms with Crippen molar-refractivity contribution in [3.8, 4) is 17.2 Å². The van der Waals surface area contributed by atoms with Crippen molar-refractivity contribution in [3.63, 3.8) is 0 Å². The number of carboxylic acid groups (broad SMARTS) is 2. The maximum Gasteiger partial charge on any atom is 0.414 e. The van der Waals surface area contributed by atoms with Gasteiger partial charge in [-0.15, -0.1) is 0 Å². The molecule has 1 saturated heterocycles. The van der Waals surface area contributed by atoms with Gasteiger partial charge in [0.05, 0.1) is 4.90 Å². The van der Waals surface area contributed by atoms with Gasteiger partial charge < -0.3 is 29.5 Å². The van der Waals surface area contributed by atoms with E-state index in [9.17, 15) is 17.9 Å². The highest BCUT2D eigenvalue weighted by Crippen LogP contribution is 2.33. The largest absolute Gasteiger partial charge is 0.488 e. The molecule has 0 aromatic heterocycles. The van der Waals surface area contributed by atoms with Crippen LogP contribution < -0.4 is 14.2 Å². The molecule has 0 spiro atoms. The maximum absolute atomic E-state index is 13.6. The van der Waals surface area contributed by atoms with Crippen molar-refractivity contribution in [2.75, 3.05) is 52.5 Å². The summed E-state index contributed by atoms with van der Waals surface area (Å²) in [6.45, 7) is 2.65. The molecule has 3 N–H and O–H groups in total. The summed E-state index contributed by atoms with van der Waals surface area (Å²) in [5.41, 5.74) is 0. The third-order valence-electron chi connectivity index (χ3n) is 5.40. The van der Waals surface area contributed by atoms with E-state index in [1.165, 1.54) is 28.6 Å². The average molecular weight is 543 g/mol.